The van der Waals surface area contributed by atoms with Crippen LogP contribution in [0.1, 0.15) is 71.6 Å². The zero-order valence-corrected chi connectivity index (χ0v) is 23.8. The summed E-state index contributed by atoms with van der Waals surface area (Å²) in [5.41, 5.74) is 7.51. The van der Waals surface area contributed by atoms with E-state index in [2.05, 4.69) is 26.0 Å². The second kappa shape index (κ2) is 11.3. The van der Waals surface area contributed by atoms with Crippen LogP contribution in [0, 0.1) is 12.7 Å². The van der Waals surface area contributed by atoms with Crippen LogP contribution in [0.25, 0.3) is 5.65 Å². The maximum Gasteiger partial charge on any atom is 0.335 e. The minimum absolute atomic E-state index is 0.0710. The fourth-order valence-corrected chi connectivity index (χ4v) is 5.61. The number of rotatable bonds is 9. The number of hydrogen-bond acceptors (Lipinski definition) is 9. The van der Waals surface area contributed by atoms with Crippen LogP contribution in [-0.4, -0.2) is 37.5 Å². The molecular formula is C31H26FN7O6. The number of carboxylic acids is 1. The summed E-state index contributed by atoms with van der Waals surface area (Å²) >= 11 is 0. The van der Waals surface area contributed by atoms with E-state index in [1.807, 2.05) is 0 Å². The lowest BCUT2D eigenvalue weighted by atomic mass is 9.98. The Labute approximate surface area is 253 Å². The molecule has 2 amide bonds. The number of amides is 2. The number of carbonyl (C=O) groups excluding carboxylic acids is 2. The van der Waals surface area contributed by atoms with E-state index in [4.69, 9.17) is 5.73 Å². The van der Waals surface area contributed by atoms with Gasteiger partial charge in [0.1, 0.15) is 22.8 Å². The smallest absolute Gasteiger partial charge is 0.335 e. The molecule has 0 unspecified atom stereocenters. The lowest BCUT2D eigenvalue weighted by Crippen LogP contribution is -2.36. The number of nitrogen functional groups attached to an aromatic ring is 1. The number of nitrogens with zero attached hydrogens (tertiary/aromatic N) is 3. The Bertz CT molecular complexity index is 2110. The topological polar surface area (TPSA) is 198 Å². The van der Waals surface area contributed by atoms with Gasteiger partial charge in [-0.1, -0.05) is 30.3 Å². The monoisotopic (exact) mass is 611 g/mol. The molecule has 1 atom stereocenters. The second-order valence-corrected chi connectivity index (χ2v) is 10.7. The largest absolute Gasteiger partial charge is 0.478 e. The fraction of sp³-hybridized carbons (Fsp3) is 0.194. The minimum atomic E-state index is -1.03. The maximum atomic E-state index is 14.6. The molecule has 1 aliphatic carbocycles. The molecule has 0 bridgehead atoms. The first-order chi connectivity index (χ1) is 21.5. The number of nitrogens with two attached hydrogens (primary N) is 1. The number of benzene rings is 2. The molecule has 0 saturated heterocycles. The van der Waals surface area contributed by atoms with E-state index in [0.717, 1.165) is 27.4 Å². The van der Waals surface area contributed by atoms with Gasteiger partial charge in [0.25, 0.3) is 22.7 Å². The molecule has 6 rings (SSSR count). The average Bonchev–Trinajstić information content (AvgIpc) is 3.62. The van der Waals surface area contributed by atoms with Crippen molar-refractivity contribution in [1.82, 2.24) is 25.2 Å². The molecule has 0 saturated carbocycles. The van der Waals surface area contributed by atoms with Crippen molar-refractivity contribution >= 4 is 34.8 Å². The summed E-state index contributed by atoms with van der Waals surface area (Å²) in [6.45, 7) is 2.03. The van der Waals surface area contributed by atoms with Crippen molar-refractivity contribution in [3.8, 4) is 0 Å². The molecule has 5 aromatic rings. The van der Waals surface area contributed by atoms with E-state index in [9.17, 15) is 33.5 Å². The van der Waals surface area contributed by atoms with Gasteiger partial charge >= 0.3 is 5.97 Å². The van der Waals surface area contributed by atoms with Crippen LogP contribution in [0.15, 0.2) is 58.3 Å². The van der Waals surface area contributed by atoms with Crippen molar-refractivity contribution in [3.05, 3.63) is 120 Å². The van der Waals surface area contributed by atoms with E-state index in [1.165, 1.54) is 12.1 Å². The molecule has 14 heteroatoms. The maximum absolute atomic E-state index is 14.6. The zero-order chi connectivity index (χ0) is 32.0. The van der Waals surface area contributed by atoms with E-state index in [0.29, 0.717) is 24.0 Å². The quantitative estimate of drug-likeness (QED) is 0.154. The Kier molecular flexibility index (Phi) is 7.32. The summed E-state index contributed by atoms with van der Waals surface area (Å²) < 4.78 is 15.6. The van der Waals surface area contributed by atoms with Gasteiger partial charge in [0.05, 0.1) is 17.8 Å². The first kappa shape index (κ1) is 29.2. The van der Waals surface area contributed by atoms with E-state index in [1.54, 1.807) is 37.3 Å². The van der Waals surface area contributed by atoms with Crippen LogP contribution in [0.2, 0.25) is 0 Å². The van der Waals surface area contributed by atoms with Crippen molar-refractivity contribution in [2.24, 2.45) is 0 Å². The summed E-state index contributed by atoms with van der Waals surface area (Å²) in [5.74, 6) is -3.11. The molecule has 45 heavy (non-hydrogen) atoms. The molecule has 13 nitrogen and oxygen atoms in total. The Balaban J connectivity index is 1.18. The molecule has 0 radical (unpaired) electrons. The predicted octanol–water partition coefficient (Wildman–Crippen LogP) is 2.01. The fourth-order valence-electron chi connectivity index (χ4n) is 5.61. The van der Waals surface area contributed by atoms with Crippen LogP contribution >= 0.6 is 0 Å². The van der Waals surface area contributed by atoms with Crippen LogP contribution in [0.5, 0.6) is 0 Å². The van der Waals surface area contributed by atoms with Gasteiger partial charge in [0, 0.05) is 19.2 Å². The third-order valence-corrected chi connectivity index (χ3v) is 7.98. The SMILES string of the molecule is Cc1c(C(=O)O)ccc2c1CC[C@@H]2NC(=O)c1cc(C(=O)NCc2cccc(CNc3c(N)c(=O)c3=O)c2)nc2c(F)cnn12. The standard InChI is InChI=1S/C31H26FN7O6/c1-14-17-7-8-21(19(17)6-5-18(14)31(44)45)38-30(43)23-10-22(37-28-20(32)13-36-39(23)28)29(42)35-12-16-4-2-3-15(9-16)11-34-25-24(33)26(40)27(25)41/h2-6,9-10,13,21,34H,7-8,11-12,33H2,1H3,(H,35,42)(H,38,43)(H,44,45)/t21-/m0/s1. The van der Waals surface area contributed by atoms with Crippen molar-refractivity contribution in [1.29, 1.82) is 0 Å². The first-order valence-corrected chi connectivity index (χ1v) is 13.9. The highest BCUT2D eigenvalue weighted by atomic mass is 19.1. The van der Waals surface area contributed by atoms with E-state index in [-0.39, 0.29) is 47.1 Å². The number of hydrogen-bond donors (Lipinski definition) is 5. The molecule has 2 aromatic heterocycles. The van der Waals surface area contributed by atoms with Gasteiger partial charge in [-0.25, -0.2) is 18.7 Å². The number of aromatic nitrogens is 3. The summed E-state index contributed by atoms with van der Waals surface area (Å²) in [5, 5.41) is 21.8. The van der Waals surface area contributed by atoms with Crippen molar-refractivity contribution < 1.29 is 23.9 Å². The molecule has 2 heterocycles. The lowest BCUT2D eigenvalue weighted by molar-refractivity contribution is 0.0695. The number of carbonyl (C=O) groups is 3. The van der Waals surface area contributed by atoms with Gasteiger partial charge in [-0.3, -0.25) is 19.2 Å². The van der Waals surface area contributed by atoms with Crippen LogP contribution in [0.4, 0.5) is 15.8 Å². The van der Waals surface area contributed by atoms with Gasteiger partial charge in [-0.05, 0) is 53.6 Å². The van der Waals surface area contributed by atoms with Crippen molar-refractivity contribution in [2.45, 2.75) is 38.9 Å². The van der Waals surface area contributed by atoms with Gasteiger partial charge < -0.3 is 26.8 Å². The van der Waals surface area contributed by atoms with Gasteiger partial charge in [-0.2, -0.15) is 5.10 Å². The third-order valence-electron chi connectivity index (χ3n) is 7.98. The van der Waals surface area contributed by atoms with Crippen LogP contribution in [0.3, 0.4) is 0 Å². The zero-order valence-electron chi connectivity index (χ0n) is 23.8. The molecule has 1 aliphatic rings. The molecular weight excluding hydrogens is 585 g/mol. The lowest BCUT2D eigenvalue weighted by Gasteiger charge is -2.16. The number of anilines is 2. The summed E-state index contributed by atoms with van der Waals surface area (Å²) in [7, 11) is 0. The minimum Gasteiger partial charge on any atom is -0.478 e. The Morgan fingerprint density at radius 3 is 2.56 bits per heavy atom. The van der Waals surface area contributed by atoms with E-state index < -0.39 is 40.5 Å². The normalized spacial score (nSPS) is 14.0. The highest BCUT2D eigenvalue weighted by molar-refractivity contribution is 5.98. The number of fused-ring (bicyclic) bond motifs is 2. The molecule has 0 spiro atoms. The third kappa shape index (κ3) is 5.26. The van der Waals surface area contributed by atoms with Crippen LogP contribution < -0.4 is 32.5 Å². The van der Waals surface area contributed by atoms with Gasteiger partial charge in [0.15, 0.2) is 11.5 Å². The Morgan fingerprint density at radius 1 is 1.07 bits per heavy atom. The molecule has 228 valence electrons. The average molecular weight is 612 g/mol. The summed E-state index contributed by atoms with van der Waals surface area (Å²) in [6, 6.07) is 11.1. The predicted molar refractivity (Wildman–Crippen MR) is 160 cm³/mol. The van der Waals surface area contributed by atoms with Crippen LogP contribution in [-0.2, 0) is 19.5 Å². The van der Waals surface area contributed by atoms with Crippen molar-refractivity contribution in [3.63, 3.8) is 0 Å². The highest BCUT2D eigenvalue weighted by Gasteiger charge is 2.29. The Morgan fingerprint density at radius 2 is 1.82 bits per heavy atom. The highest BCUT2D eigenvalue weighted by Crippen LogP contribution is 2.35. The molecule has 6 N–H and O–H groups in total. The van der Waals surface area contributed by atoms with Gasteiger partial charge in [0.2, 0.25) is 0 Å². The number of carboxylic acid groups (broad SMARTS) is 1. The number of aromatic carboxylic acids is 1. The first-order valence-electron chi connectivity index (χ1n) is 13.9. The summed E-state index contributed by atoms with van der Waals surface area (Å²) in [6.07, 6.45) is 2.01. The molecule has 0 fully saturated rings. The molecule has 3 aromatic carbocycles. The van der Waals surface area contributed by atoms with Gasteiger partial charge in [-0.15, -0.1) is 0 Å². The Hall–Kier alpha value is -5.92. The van der Waals surface area contributed by atoms with Crippen molar-refractivity contribution in [2.75, 3.05) is 11.1 Å². The molecule has 0 aliphatic heterocycles. The number of halogens is 1. The number of nitrogens with one attached hydrogen (secondary N) is 3. The summed E-state index contributed by atoms with van der Waals surface area (Å²) in [4.78, 5) is 65.2. The van der Waals surface area contributed by atoms with E-state index >= 15 is 0 Å². The second-order valence-electron chi connectivity index (χ2n) is 10.7.